The second-order valence-corrected chi connectivity index (χ2v) is 5.64. The second-order valence-electron chi connectivity index (χ2n) is 5.64. The van der Waals surface area contributed by atoms with Crippen molar-refractivity contribution in [3.8, 4) is 0 Å². The fourth-order valence-corrected chi connectivity index (χ4v) is 2.06. The van der Waals surface area contributed by atoms with Crippen molar-refractivity contribution in [1.29, 1.82) is 0 Å². The smallest absolute Gasteiger partial charge is 0.322 e. The van der Waals surface area contributed by atoms with E-state index in [0.29, 0.717) is 6.54 Å². The van der Waals surface area contributed by atoms with Gasteiger partial charge < -0.3 is 10.6 Å². The Morgan fingerprint density at radius 2 is 2.06 bits per heavy atom. The van der Waals surface area contributed by atoms with Crippen molar-refractivity contribution in [3.63, 3.8) is 0 Å². The molecule has 0 aromatic heterocycles. The molecule has 18 heavy (non-hydrogen) atoms. The molecule has 0 aliphatic carbocycles. The Hall–Kier alpha value is -1.55. The van der Waals surface area contributed by atoms with Gasteiger partial charge in [0.05, 0.1) is 0 Å². The minimum Gasteiger partial charge on any atom is -0.333 e. The summed E-state index contributed by atoms with van der Waals surface area (Å²) in [6.45, 7) is 8.30. The van der Waals surface area contributed by atoms with Crippen LogP contribution in [0.15, 0.2) is 24.3 Å². The summed E-state index contributed by atoms with van der Waals surface area (Å²) >= 11 is 0. The Bertz CT molecular complexity index is 437. The van der Waals surface area contributed by atoms with Crippen molar-refractivity contribution >= 4 is 11.7 Å². The van der Waals surface area contributed by atoms with Gasteiger partial charge in [0.25, 0.3) is 0 Å². The lowest BCUT2D eigenvalue weighted by Crippen LogP contribution is -2.49. The number of nitrogens with zero attached hydrogens (tertiary/aromatic N) is 1. The number of hydrogen-bond acceptors (Lipinski definition) is 2. The average molecular weight is 247 g/mol. The Labute approximate surface area is 108 Å². The first-order valence-electron chi connectivity index (χ1n) is 6.36. The number of amides is 2. The van der Waals surface area contributed by atoms with E-state index in [2.05, 4.69) is 16.7 Å². The first kappa shape index (κ1) is 12.9. The highest BCUT2D eigenvalue weighted by Gasteiger charge is 2.23. The molecule has 2 rings (SSSR count). The van der Waals surface area contributed by atoms with E-state index in [0.717, 1.165) is 18.8 Å². The van der Waals surface area contributed by atoms with Gasteiger partial charge in [-0.15, -0.1) is 0 Å². The van der Waals surface area contributed by atoms with Crippen LogP contribution in [0.1, 0.15) is 26.3 Å². The quantitative estimate of drug-likeness (QED) is 0.737. The first-order valence-corrected chi connectivity index (χ1v) is 6.36. The van der Waals surface area contributed by atoms with Crippen molar-refractivity contribution in [3.05, 3.63) is 29.8 Å². The molecule has 1 aromatic carbocycles. The molecule has 0 unspecified atom stereocenters. The molecule has 4 heteroatoms. The van der Waals surface area contributed by atoms with Gasteiger partial charge in [-0.05, 0) is 32.4 Å². The molecule has 98 valence electrons. The summed E-state index contributed by atoms with van der Waals surface area (Å²) in [6, 6.07) is 8.02. The number of benzene rings is 1. The molecule has 1 heterocycles. The SMILES string of the molecule is CC(C)(C)NC(=O)N1CCNCc2ccccc21. The number of hydrogen-bond donors (Lipinski definition) is 2. The number of urea groups is 1. The van der Waals surface area contributed by atoms with E-state index in [-0.39, 0.29) is 11.6 Å². The summed E-state index contributed by atoms with van der Waals surface area (Å²) in [5.41, 5.74) is 1.95. The molecule has 0 spiro atoms. The van der Waals surface area contributed by atoms with Crippen LogP contribution < -0.4 is 15.5 Å². The fraction of sp³-hybridized carbons (Fsp3) is 0.500. The molecule has 0 saturated carbocycles. The maximum absolute atomic E-state index is 12.3. The lowest BCUT2D eigenvalue weighted by Gasteiger charge is -2.28. The van der Waals surface area contributed by atoms with Crippen molar-refractivity contribution in [1.82, 2.24) is 10.6 Å². The third-order valence-electron chi connectivity index (χ3n) is 2.84. The zero-order valence-electron chi connectivity index (χ0n) is 11.3. The molecule has 0 saturated heterocycles. The summed E-state index contributed by atoms with van der Waals surface area (Å²) in [4.78, 5) is 14.1. The van der Waals surface area contributed by atoms with E-state index in [1.807, 2.05) is 43.9 Å². The number of carbonyl (C=O) groups excluding carboxylic acids is 1. The van der Waals surface area contributed by atoms with Crippen LogP contribution in [0.2, 0.25) is 0 Å². The van der Waals surface area contributed by atoms with Crippen molar-refractivity contribution in [2.24, 2.45) is 0 Å². The van der Waals surface area contributed by atoms with E-state index in [4.69, 9.17) is 0 Å². The van der Waals surface area contributed by atoms with Crippen LogP contribution in [-0.2, 0) is 6.54 Å². The van der Waals surface area contributed by atoms with Crippen LogP contribution in [0.3, 0.4) is 0 Å². The molecule has 0 atom stereocenters. The minimum atomic E-state index is -0.217. The standard InChI is InChI=1S/C14H21N3O/c1-14(2,3)16-13(18)17-9-8-15-10-11-6-4-5-7-12(11)17/h4-7,15H,8-10H2,1-3H3,(H,16,18). The third-order valence-corrected chi connectivity index (χ3v) is 2.84. The van der Waals surface area contributed by atoms with Gasteiger partial charge in [-0.3, -0.25) is 4.90 Å². The number of rotatable bonds is 0. The predicted molar refractivity (Wildman–Crippen MR) is 73.8 cm³/mol. The summed E-state index contributed by atoms with van der Waals surface area (Å²) < 4.78 is 0. The Morgan fingerprint density at radius 3 is 2.78 bits per heavy atom. The number of carbonyl (C=O) groups is 1. The molecule has 2 amide bonds. The number of para-hydroxylation sites is 1. The van der Waals surface area contributed by atoms with E-state index in [1.165, 1.54) is 5.56 Å². The van der Waals surface area contributed by atoms with Crippen molar-refractivity contribution in [2.45, 2.75) is 32.9 Å². The summed E-state index contributed by atoms with van der Waals surface area (Å²) in [7, 11) is 0. The molecule has 2 N–H and O–H groups in total. The van der Waals surface area contributed by atoms with Gasteiger partial charge in [0.15, 0.2) is 0 Å². The predicted octanol–water partition coefficient (Wildman–Crippen LogP) is 2.10. The number of nitrogens with one attached hydrogen (secondary N) is 2. The van der Waals surface area contributed by atoms with Gasteiger partial charge in [0.1, 0.15) is 0 Å². The molecule has 0 fully saturated rings. The van der Waals surface area contributed by atoms with Crippen LogP contribution in [0.5, 0.6) is 0 Å². The molecule has 4 nitrogen and oxygen atoms in total. The van der Waals surface area contributed by atoms with Gasteiger partial charge in [-0.2, -0.15) is 0 Å². The zero-order valence-corrected chi connectivity index (χ0v) is 11.3. The lowest BCUT2D eigenvalue weighted by molar-refractivity contribution is 0.238. The molecular weight excluding hydrogens is 226 g/mol. The normalized spacial score (nSPS) is 15.8. The average Bonchev–Trinajstić information content (AvgIpc) is 2.48. The topological polar surface area (TPSA) is 44.4 Å². The molecule has 0 bridgehead atoms. The zero-order chi connectivity index (χ0) is 13.2. The lowest BCUT2D eigenvalue weighted by atomic mass is 10.1. The van der Waals surface area contributed by atoms with Gasteiger partial charge in [0, 0.05) is 30.9 Å². The molecule has 1 aromatic rings. The summed E-state index contributed by atoms with van der Waals surface area (Å²) in [6.07, 6.45) is 0. The molecule has 0 radical (unpaired) electrons. The molecule has 1 aliphatic rings. The highest BCUT2D eigenvalue weighted by molar-refractivity contribution is 5.93. The van der Waals surface area contributed by atoms with Gasteiger partial charge >= 0.3 is 6.03 Å². The molecular formula is C14H21N3O. The number of anilines is 1. The fourth-order valence-electron chi connectivity index (χ4n) is 2.06. The van der Waals surface area contributed by atoms with Crippen LogP contribution in [-0.4, -0.2) is 24.7 Å². The molecule has 1 aliphatic heterocycles. The summed E-state index contributed by atoms with van der Waals surface area (Å²) in [5, 5.41) is 6.35. The van der Waals surface area contributed by atoms with E-state index < -0.39 is 0 Å². The van der Waals surface area contributed by atoms with Crippen LogP contribution >= 0.6 is 0 Å². The Morgan fingerprint density at radius 1 is 1.33 bits per heavy atom. The van der Waals surface area contributed by atoms with Crippen molar-refractivity contribution in [2.75, 3.05) is 18.0 Å². The Kier molecular flexibility index (Phi) is 3.57. The van der Waals surface area contributed by atoms with Crippen LogP contribution in [0.4, 0.5) is 10.5 Å². The van der Waals surface area contributed by atoms with E-state index >= 15 is 0 Å². The van der Waals surface area contributed by atoms with Gasteiger partial charge in [-0.25, -0.2) is 4.79 Å². The second kappa shape index (κ2) is 4.98. The largest absolute Gasteiger partial charge is 0.333 e. The van der Waals surface area contributed by atoms with Crippen molar-refractivity contribution < 1.29 is 4.79 Å². The third kappa shape index (κ3) is 3.01. The first-order chi connectivity index (χ1) is 8.47. The highest BCUT2D eigenvalue weighted by atomic mass is 16.2. The summed E-state index contributed by atoms with van der Waals surface area (Å²) in [5.74, 6) is 0. The maximum atomic E-state index is 12.3. The van der Waals surface area contributed by atoms with Crippen LogP contribution in [0, 0.1) is 0 Å². The number of fused-ring (bicyclic) bond motifs is 1. The maximum Gasteiger partial charge on any atom is 0.322 e. The minimum absolute atomic E-state index is 0.0290. The van der Waals surface area contributed by atoms with E-state index in [1.54, 1.807) is 0 Å². The van der Waals surface area contributed by atoms with E-state index in [9.17, 15) is 4.79 Å². The van der Waals surface area contributed by atoms with Gasteiger partial charge in [-0.1, -0.05) is 18.2 Å². The van der Waals surface area contributed by atoms with Gasteiger partial charge in [0.2, 0.25) is 0 Å². The van der Waals surface area contributed by atoms with Crippen LogP contribution in [0.25, 0.3) is 0 Å². The Balaban J connectivity index is 2.25. The monoisotopic (exact) mass is 247 g/mol. The highest BCUT2D eigenvalue weighted by Crippen LogP contribution is 2.22.